The molecule has 0 aliphatic carbocycles. The van der Waals surface area contributed by atoms with Crippen molar-refractivity contribution in [2.24, 2.45) is 5.73 Å². The normalized spacial score (nSPS) is 19.2. The van der Waals surface area contributed by atoms with Crippen LogP contribution in [0.1, 0.15) is 22.7 Å². The quantitative estimate of drug-likeness (QED) is 0.757. The second kappa shape index (κ2) is 8.52. The van der Waals surface area contributed by atoms with Crippen molar-refractivity contribution in [1.29, 1.82) is 5.26 Å². The first-order chi connectivity index (χ1) is 14.5. The second-order valence-corrected chi connectivity index (χ2v) is 7.99. The van der Waals surface area contributed by atoms with Crippen molar-refractivity contribution >= 4 is 11.6 Å². The van der Waals surface area contributed by atoms with Gasteiger partial charge in [0.15, 0.2) is 0 Å². The lowest BCUT2D eigenvalue weighted by Crippen LogP contribution is -3.14. The van der Waals surface area contributed by atoms with E-state index in [0.717, 1.165) is 38.5 Å². The first-order valence-corrected chi connectivity index (χ1v) is 10.4. The Balaban J connectivity index is 1.80. The fourth-order valence-corrected chi connectivity index (χ4v) is 4.41. The molecule has 0 amide bonds. The van der Waals surface area contributed by atoms with E-state index in [-0.39, 0.29) is 17.0 Å². The van der Waals surface area contributed by atoms with Gasteiger partial charge in [-0.3, -0.25) is 4.79 Å². The number of quaternary nitrogens is 1. The number of ether oxygens (including phenoxy) is 2. The van der Waals surface area contributed by atoms with Gasteiger partial charge < -0.3 is 24.7 Å². The van der Waals surface area contributed by atoms with Crippen LogP contribution in [0.15, 0.2) is 46.6 Å². The van der Waals surface area contributed by atoms with Gasteiger partial charge in [0.05, 0.1) is 37.8 Å². The molecule has 0 spiro atoms. The van der Waals surface area contributed by atoms with Crippen molar-refractivity contribution in [3.05, 3.63) is 74.0 Å². The number of halogens is 1. The molecular formula is C22H24ClN4O3+. The monoisotopic (exact) mass is 427 g/mol. The van der Waals surface area contributed by atoms with Crippen molar-refractivity contribution in [2.45, 2.75) is 19.4 Å². The molecule has 3 heterocycles. The summed E-state index contributed by atoms with van der Waals surface area (Å²) in [7, 11) is 0. The van der Waals surface area contributed by atoms with Gasteiger partial charge in [0.25, 0.3) is 5.56 Å². The van der Waals surface area contributed by atoms with Crippen molar-refractivity contribution in [1.82, 2.24) is 4.57 Å². The number of nitriles is 1. The van der Waals surface area contributed by atoms with Gasteiger partial charge >= 0.3 is 0 Å². The van der Waals surface area contributed by atoms with Gasteiger partial charge in [-0.25, -0.2) is 0 Å². The van der Waals surface area contributed by atoms with E-state index in [2.05, 4.69) is 6.07 Å². The van der Waals surface area contributed by atoms with E-state index < -0.39 is 5.92 Å². The van der Waals surface area contributed by atoms with E-state index in [4.69, 9.17) is 26.8 Å². The van der Waals surface area contributed by atoms with E-state index in [0.29, 0.717) is 28.4 Å². The van der Waals surface area contributed by atoms with Crippen molar-refractivity contribution in [2.75, 3.05) is 32.8 Å². The van der Waals surface area contributed by atoms with Gasteiger partial charge in [0, 0.05) is 16.8 Å². The number of morpholine rings is 1. The maximum absolute atomic E-state index is 13.6. The highest BCUT2D eigenvalue weighted by Crippen LogP contribution is 2.42. The Kier molecular flexibility index (Phi) is 5.82. The average molecular weight is 428 g/mol. The smallest absolute Gasteiger partial charge is 0.258 e. The molecule has 2 aliphatic heterocycles. The van der Waals surface area contributed by atoms with Gasteiger partial charge in [-0.1, -0.05) is 29.8 Å². The molecule has 3 N–H and O–H groups in total. The standard InChI is InChI=1S/C22H23ClN4O3/c1-14-12-18-20(22(28)27(14)7-6-26-8-10-29-11-9-26)19(16(13-24)21(25)30-18)15-4-2-3-5-17(15)23/h2-5,12,19H,6-11,25H2,1H3/p+1/t19-/m0/s1. The lowest BCUT2D eigenvalue weighted by atomic mass is 9.84. The third-order valence-corrected chi connectivity index (χ3v) is 6.14. The van der Waals surface area contributed by atoms with E-state index in [9.17, 15) is 10.1 Å². The largest absolute Gasteiger partial charge is 0.440 e. The highest BCUT2D eigenvalue weighted by atomic mass is 35.5. The Labute approximate surface area is 179 Å². The molecule has 0 bridgehead atoms. The Morgan fingerprint density at radius 3 is 2.77 bits per heavy atom. The Hall–Kier alpha value is -2.79. The summed E-state index contributed by atoms with van der Waals surface area (Å²) in [6.07, 6.45) is 0. The molecule has 7 nitrogen and oxygen atoms in total. The number of aromatic nitrogens is 1. The van der Waals surface area contributed by atoms with Crippen LogP contribution in [-0.2, 0) is 11.3 Å². The number of fused-ring (bicyclic) bond motifs is 1. The molecule has 1 aromatic carbocycles. The predicted molar refractivity (Wildman–Crippen MR) is 113 cm³/mol. The molecule has 2 aliphatic rings. The molecule has 8 heteroatoms. The summed E-state index contributed by atoms with van der Waals surface area (Å²) in [6, 6.07) is 11.1. The van der Waals surface area contributed by atoms with Crippen molar-refractivity contribution < 1.29 is 14.4 Å². The van der Waals surface area contributed by atoms with Crippen LogP contribution in [0.25, 0.3) is 0 Å². The number of nitrogens with one attached hydrogen (secondary N) is 1. The first-order valence-electron chi connectivity index (χ1n) is 9.99. The fourth-order valence-electron chi connectivity index (χ4n) is 4.16. The number of hydrogen-bond acceptors (Lipinski definition) is 5. The second-order valence-electron chi connectivity index (χ2n) is 7.58. The number of hydrogen-bond donors (Lipinski definition) is 2. The highest BCUT2D eigenvalue weighted by Gasteiger charge is 2.35. The molecular weight excluding hydrogens is 404 g/mol. The lowest BCUT2D eigenvalue weighted by molar-refractivity contribution is -0.908. The molecule has 2 aromatic rings. The zero-order valence-corrected chi connectivity index (χ0v) is 17.5. The van der Waals surface area contributed by atoms with Gasteiger partial charge in [-0.05, 0) is 18.6 Å². The minimum Gasteiger partial charge on any atom is -0.440 e. The van der Waals surface area contributed by atoms with Gasteiger partial charge in [0.1, 0.15) is 30.5 Å². The van der Waals surface area contributed by atoms with E-state index in [1.165, 1.54) is 4.90 Å². The number of allylic oxidation sites excluding steroid dienone is 1. The van der Waals surface area contributed by atoms with Crippen LogP contribution < -0.4 is 20.9 Å². The summed E-state index contributed by atoms with van der Waals surface area (Å²) in [6.45, 7) is 6.62. The summed E-state index contributed by atoms with van der Waals surface area (Å²) in [5, 5.41) is 10.2. The maximum Gasteiger partial charge on any atom is 0.258 e. The number of nitrogens with two attached hydrogens (primary N) is 1. The molecule has 156 valence electrons. The molecule has 30 heavy (non-hydrogen) atoms. The van der Waals surface area contributed by atoms with Crippen LogP contribution in [0.2, 0.25) is 5.02 Å². The summed E-state index contributed by atoms with van der Waals surface area (Å²) in [5.41, 5.74) is 7.91. The van der Waals surface area contributed by atoms with E-state index in [1.54, 1.807) is 10.6 Å². The maximum atomic E-state index is 13.6. The Morgan fingerprint density at radius 1 is 1.33 bits per heavy atom. The highest BCUT2D eigenvalue weighted by molar-refractivity contribution is 6.31. The lowest BCUT2D eigenvalue weighted by Gasteiger charge is -2.28. The van der Waals surface area contributed by atoms with E-state index >= 15 is 0 Å². The SMILES string of the molecule is Cc1cc2c(c(=O)n1CC[NH+]1CCOCC1)[C@@H](c1ccccc1Cl)C(C#N)=C(N)O2. The van der Waals surface area contributed by atoms with Crippen LogP contribution in [-0.4, -0.2) is 37.4 Å². The molecule has 0 unspecified atom stereocenters. The van der Waals surface area contributed by atoms with Crippen LogP contribution in [0.4, 0.5) is 0 Å². The molecule has 1 saturated heterocycles. The molecule has 1 fully saturated rings. The number of nitrogens with zero attached hydrogens (tertiary/aromatic N) is 2. The summed E-state index contributed by atoms with van der Waals surface area (Å²) in [4.78, 5) is 15.0. The summed E-state index contributed by atoms with van der Waals surface area (Å²) >= 11 is 6.44. The average Bonchev–Trinajstić information content (AvgIpc) is 2.74. The van der Waals surface area contributed by atoms with Crippen molar-refractivity contribution in [3.63, 3.8) is 0 Å². The van der Waals surface area contributed by atoms with Crippen LogP contribution in [0.5, 0.6) is 5.75 Å². The van der Waals surface area contributed by atoms with Crippen LogP contribution in [0, 0.1) is 18.3 Å². The number of benzene rings is 1. The van der Waals surface area contributed by atoms with Crippen LogP contribution in [0.3, 0.4) is 0 Å². The van der Waals surface area contributed by atoms with Crippen molar-refractivity contribution in [3.8, 4) is 11.8 Å². The minimum absolute atomic E-state index is 0.00392. The Morgan fingerprint density at radius 2 is 2.07 bits per heavy atom. The molecule has 0 radical (unpaired) electrons. The molecule has 1 aromatic heterocycles. The van der Waals surface area contributed by atoms with Crippen LogP contribution >= 0.6 is 11.6 Å². The zero-order valence-electron chi connectivity index (χ0n) is 16.8. The molecule has 1 atom stereocenters. The number of rotatable bonds is 4. The number of pyridine rings is 1. The van der Waals surface area contributed by atoms with E-state index in [1.807, 2.05) is 31.2 Å². The minimum atomic E-state index is -0.664. The van der Waals surface area contributed by atoms with Gasteiger partial charge in [-0.2, -0.15) is 5.26 Å². The zero-order chi connectivity index (χ0) is 21.3. The Bertz CT molecular complexity index is 1100. The third kappa shape index (κ3) is 3.70. The fraction of sp³-hybridized carbons (Fsp3) is 0.364. The predicted octanol–water partition coefficient (Wildman–Crippen LogP) is 0.943. The molecule has 0 saturated carbocycles. The number of aryl methyl sites for hydroxylation is 1. The molecule has 4 rings (SSSR count). The third-order valence-electron chi connectivity index (χ3n) is 5.80. The first kappa shape index (κ1) is 20.5. The van der Waals surface area contributed by atoms with Gasteiger partial charge in [0.2, 0.25) is 5.88 Å². The van der Waals surface area contributed by atoms with Gasteiger partial charge in [-0.15, -0.1) is 0 Å². The summed E-state index contributed by atoms with van der Waals surface area (Å²) < 4.78 is 12.9. The topological polar surface area (TPSA) is 94.7 Å². The summed E-state index contributed by atoms with van der Waals surface area (Å²) in [5.74, 6) is -0.277.